The lowest BCUT2D eigenvalue weighted by Gasteiger charge is -2.07. The molecule has 2 N–H and O–H groups in total. The van der Waals surface area contributed by atoms with Gasteiger partial charge in [0.25, 0.3) is 0 Å². The van der Waals surface area contributed by atoms with E-state index in [1.807, 2.05) is 0 Å². The minimum atomic E-state index is -0.417. The first-order chi connectivity index (χ1) is 8.56. The number of rotatable bonds is 2. The van der Waals surface area contributed by atoms with Crippen LogP contribution in [0.2, 0.25) is 10.0 Å². The van der Waals surface area contributed by atoms with E-state index in [0.717, 1.165) is 0 Å². The van der Waals surface area contributed by atoms with E-state index in [2.05, 4.69) is 15.8 Å². The standard InChI is InChI=1S/C11H9Cl2N3O2/c1-6-10(5-14-18-6)16-11(17)15-7-2-3-8(12)9(13)4-7/h2-5H,1H3,(H2,15,16,17). The van der Waals surface area contributed by atoms with Gasteiger partial charge in [-0.25, -0.2) is 4.79 Å². The Morgan fingerprint density at radius 2 is 2.06 bits per heavy atom. The molecular formula is C11H9Cl2N3O2. The highest BCUT2D eigenvalue weighted by Gasteiger charge is 2.08. The van der Waals surface area contributed by atoms with Gasteiger partial charge in [-0.05, 0) is 25.1 Å². The highest BCUT2D eigenvalue weighted by molar-refractivity contribution is 6.42. The van der Waals surface area contributed by atoms with Crippen molar-refractivity contribution in [3.05, 3.63) is 40.2 Å². The predicted octanol–water partition coefficient (Wildman–Crippen LogP) is 3.93. The van der Waals surface area contributed by atoms with E-state index in [9.17, 15) is 4.79 Å². The van der Waals surface area contributed by atoms with Gasteiger partial charge in [-0.1, -0.05) is 28.4 Å². The number of carbonyl (C=O) groups is 1. The van der Waals surface area contributed by atoms with Crippen molar-refractivity contribution in [2.45, 2.75) is 6.92 Å². The van der Waals surface area contributed by atoms with E-state index in [1.54, 1.807) is 25.1 Å². The van der Waals surface area contributed by atoms with Gasteiger partial charge in [-0.2, -0.15) is 0 Å². The number of nitrogens with zero attached hydrogens (tertiary/aromatic N) is 1. The summed E-state index contributed by atoms with van der Waals surface area (Å²) < 4.78 is 4.82. The molecule has 0 atom stereocenters. The van der Waals surface area contributed by atoms with Crippen molar-refractivity contribution in [2.24, 2.45) is 0 Å². The van der Waals surface area contributed by atoms with Crippen LogP contribution in [0.15, 0.2) is 28.9 Å². The number of hydrogen-bond donors (Lipinski definition) is 2. The Bertz CT molecular complexity index is 583. The van der Waals surface area contributed by atoms with Gasteiger partial charge in [0.05, 0.1) is 16.2 Å². The van der Waals surface area contributed by atoms with Crippen LogP contribution in [-0.4, -0.2) is 11.2 Å². The van der Waals surface area contributed by atoms with E-state index in [-0.39, 0.29) is 0 Å². The Hall–Kier alpha value is -1.72. The van der Waals surface area contributed by atoms with Gasteiger partial charge < -0.3 is 15.2 Å². The average molecular weight is 286 g/mol. The van der Waals surface area contributed by atoms with Crippen molar-refractivity contribution in [1.29, 1.82) is 0 Å². The van der Waals surface area contributed by atoms with Crippen LogP contribution in [0.1, 0.15) is 5.76 Å². The van der Waals surface area contributed by atoms with Gasteiger partial charge in [0.2, 0.25) is 0 Å². The zero-order valence-electron chi connectivity index (χ0n) is 9.33. The smallest absolute Gasteiger partial charge is 0.323 e. The van der Waals surface area contributed by atoms with Crippen LogP contribution in [0, 0.1) is 6.92 Å². The molecule has 18 heavy (non-hydrogen) atoms. The Morgan fingerprint density at radius 1 is 1.28 bits per heavy atom. The summed E-state index contributed by atoms with van der Waals surface area (Å²) in [6, 6.07) is 4.39. The normalized spacial score (nSPS) is 10.2. The summed E-state index contributed by atoms with van der Waals surface area (Å²) in [6.07, 6.45) is 1.42. The van der Waals surface area contributed by atoms with Crippen molar-refractivity contribution >= 4 is 40.6 Å². The number of benzene rings is 1. The lowest BCUT2D eigenvalue weighted by Crippen LogP contribution is -2.19. The molecule has 0 radical (unpaired) electrons. The Labute approximate surface area is 113 Å². The molecule has 2 amide bonds. The second kappa shape index (κ2) is 5.29. The monoisotopic (exact) mass is 285 g/mol. The van der Waals surface area contributed by atoms with Gasteiger partial charge in [0, 0.05) is 5.69 Å². The molecule has 7 heteroatoms. The summed E-state index contributed by atoms with van der Waals surface area (Å²) in [5.41, 5.74) is 1.04. The number of halogens is 2. The Kier molecular flexibility index (Phi) is 3.74. The summed E-state index contributed by atoms with van der Waals surface area (Å²) in [5.74, 6) is 0.527. The average Bonchev–Trinajstić information content (AvgIpc) is 2.70. The quantitative estimate of drug-likeness (QED) is 0.878. The van der Waals surface area contributed by atoms with E-state index < -0.39 is 6.03 Å². The van der Waals surface area contributed by atoms with Crippen LogP contribution in [0.4, 0.5) is 16.2 Å². The largest absolute Gasteiger partial charge is 0.359 e. The van der Waals surface area contributed by atoms with Crippen LogP contribution in [0.25, 0.3) is 0 Å². The molecule has 0 aliphatic carbocycles. The molecule has 0 bridgehead atoms. The lowest BCUT2D eigenvalue weighted by molar-refractivity contribution is 0.262. The number of nitrogens with one attached hydrogen (secondary N) is 2. The molecule has 2 aromatic rings. The number of aromatic nitrogens is 1. The van der Waals surface area contributed by atoms with Gasteiger partial charge in [0.15, 0.2) is 5.76 Å². The third-order valence-electron chi connectivity index (χ3n) is 2.18. The van der Waals surface area contributed by atoms with Gasteiger partial charge in [-0.15, -0.1) is 0 Å². The van der Waals surface area contributed by atoms with Crippen LogP contribution in [0.5, 0.6) is 0 Å². The topological polar surface area (TPSA) is 67.2 Å². The summed E-state index contributed by atoms with van der Waals surface area (Å²) >= 11 is 11.6. The predicted molar refractivity (Wildman–Crippen MR) is 70.3 cm³/mol. The highest BCUT2D eigenvalue weighted by atomic mass is 35.5. The number of anilines is 2. The van der Waals surface area contributed by atoms with E-state index in [0.29, 0.717) is 27.2 Å². The van der Waals surface area contributed by atoms with Crippen molar-refractivity contribution in [2.75, 3.05) is 10.6 Å². The van der Waals surface area contributed by atoms with Crippen molar-refractivity contribution in [3.8, 4) is 0 Å². The fraction of sp³-hybridized carbons (Fsp3) is 0.0909. The number of aryl methyl sites for hydroxylation is 1. The molecule has 0 saturated heterocycles. The molecule has 1 heterocycles. The third-order valence-corrected chi connectivity index (χ3v) is 2.92. The molecule has 0 fully saturated rings. The highest BCUT2D eigenvalue weighted by Crippen LogP contribution is 2.25. The van der Waals surface area contributed by atoms with Gasteiger partial charge in [-0.3, -0.25) is 0 Å². The molecular weight excluding hydrogens is 277 g/mol. The van der Waals surface area contributed by atoms with Crippen molar-refractivity contribution in [3.63, 3.8) is 0 Å². The van der Waals surface area contributed by atoms with Crippen LogP contribution >= 0.6 is 23.2 Å². The maximum atomic E-state index is 11.7. The summed E-state index contributed by atoms with van der Waals surface area (Å²) in [6.45, 7) is 1.70. The molecule has 0 spiro atoms. The van der Waals surface area contributed by atoms with Crippen LogP contribution in [-0.2, 0) is 0 Å². The maximum absolute atomic E-state index is 11.7. The van der Waals surface area contributed by atoms with E-state index in [4.69, 9.17) is 27.7 Å². The first-order valence-corrected chi connectivity index (χ1v) is 5.76. The summed E-state index contributed by atoms with van der Waals surface area (Å²) in [7, 11) is 0. The summed E-state index contributed by atoms with van der Waals surface area (Å²) in [4.78, 5) is 11.7. The molecule has 5 nitrogen and oxygen atoms in total. The Morgan fingerprint density at radius 3 is 2.67 bits per heavy atom. The minimum Gasteiger partial charge on any atom is -0.359 e. The molecule has 94 valence electrons. The maximum Gasteiger partial charge on any atom is 0.323 e. The van der Waals surface area contributed by atoms with E-state index in [1.165, 1.54) is 6.20 Å². The first kappa shape index (κ1) is 12.7. The Balaban J connectivity index is 2.03. The second-order valence-electron chi connectivity index (χ2n) is 3.50. The molecule has 0 saturated carbocycles. The van der Waals surface area contributed by atoms with Crippen molar-refractivity contribution in [1.82, 2.24) is 5.16 Å². The van der Waals surface area contributed by atoms with Crippen molar-refractivity contribution < 1.29 is 9.32 Å². The first-order valence-electron chi connectivity index (χ1n) is 5.00. The number of carbonyl (C=O) groups excluding carboxylic acids is 1. The number of hydrogen-bond acceptors (Lipinski definition) is 3. The molecule has 2 rings (SSSR count). The van der Waals surface area contributed by atoms with Crippen LogP contribution < -0.4 is 10.6 Å². The third kappa shape index (κ3) is 2.94. The number of urea groups is 1. The molecule has 0 unspecified atom stereocenters. The van der Waals surface area contributed by atoms with Gasteiger partial charge in [0.1, 0.15) is 5.69 Å². The van der Waals surface area contributed by atoms with E-state index >= 15 is 0 Å². The zero-order chi connectivity index (χ0) is 13.1. The minimum absolute atomic E-state index is 0.371. The molecule has 1 aromatic carbocycles. The molecule has 0 aliphatic heterocycles. The summed E-state index contributed by atoms with van der Waals surface area (Å²) in [5, 5.41) is 9.55. The lowest BCUT2D eigenvalue weighted by atomic mass is 10.3. The second-order valence-corrected chi connectivity index (χ2v) is 4.32. The molecule has 0 aliphatic rings. The van der Waals surface area contributed by atoms with Crippen LogP contribution in [0.3, 0.4) is 0 Å². The zero-order valence-corrected chi connectivity index (χ0v) is 10.8. The fourth-order valence-electron chi connectivity index (χ4n) is 1.28. The SMILES string of the molecule is Cc1oncc1NC(=O)Nc1ccc(Cl)c(Cl)c1. The fourth-order valence-corrected chi connectivity index (χ4v) is 1.58. The molecule has 1 aromatic heterocycles. The van der Waals surface area contributed by atoms with Gasteiger partial charge >= 0.3 is 6.03 Å². The number of amides is 2.